The van der Waals surface area contributed by atoms with Gasteiger partial charge in [-0.05, 0) is 37.3 Å². The molecule has 1 aromatic rings. The molecule has 1 aliphatic carbocycles. The average Bonchev–Trinajstić information content (AvgIpc) is 3.14. The highest BCUT2D eigenvalue weighted by molar-refractivity contribution is 5.89. The lowest BCUT2D eigenvalue weighted by Gasteiger charge is -2.22. The number of urea groups is 1. The number of hydrogen-bond acceptors (Lipinski definition) is 2. The summed E-state index contributed by atoms with van der Waals surface area (Å²) < 4.78 is 0. The molecule has 2 rings (SSSR count). The van der Waals surface area contributed by atoms with Crippen LogP contribution in [0.2, 0.25) is 0 Å². The van der Waals surface area contributed by atoms with Crippen molar-refractivity contribution in [3.05, 3.63) is 24.5 Å². The van der Waals surface area contributed by atoms with Crippen LogP contribution in [-0.2, 0) is 0 Å². The van der Waals surface area contributed by atoms with Gasteiger partial charge in [0.05, 0.1) is 11.9 Å². The number of amides is 2. The zero-order valence-electron chi connectivity index (χ0n) is 10.2. The smallest absolute Gasteiger partial charge is 0.321 e. The third-order valence-electron chi connectivity index (χ3n) is 2.87. The van der Waals surface area contributed by atoms with Crippen molar-refractivity contribution >= 4 is 11.7 Å². The van der Waals surface area contributed by atoms with Crippen molar-refractivity contribution in [2.75, 3.05) is 18.4 Å². The Bertz CT molecular complexity index is 362. The molecule has 1 aliphatic rings. The lowest BCUT2D eigenvalue weighted by atomic mass is 10.3. The van der Waals surface area contributed by atoms with Crippen LogP contribution in [-0.4, -0.2) is 29.0 Å². The van der Waals surface area contributed by atoms with Gasteiger partial charge in [0.15, 0.2) is 0 Å². The van der Waals surface area contributed by atoms with Gasteiger partial charge in [-0.2, -0.15) is 0 Å². The van der Waals surface area contributed by atoms with E-state index >= 15 is 0 Å². The van der Waals surface area contributed by atoms with E-state index in [0.717, 1.165) is 31.1 Å². The van der Waals surface area contributed by atoms with Gasteiger partial charge in [0.25, 0.3) is 0 Å². The van der Waals surface area contributed by atoms with Gasteiger partial charge < -0.3 is 10.2 Å². The van der Waals surface area contributed by atoms with E-state index in [2.05, 4.69) is 17.2 Å². The van der Waals surface area contributed by atoms with E-state index < -0.39 is 0 Å². The molecule has 0 atom stereocenters. The summed E-state index contributed by atoms with van der Waals surface area (Å²) in [4.78, 5) is 17.9. The molecule has 4 heteroatoms. The fourth-order valence-corrected chi connectivity index (χ4v) is 1.80. The third-order valence-corrected chi connectivity index (χ3v) is 2.87. The third kappa shape index (κ3) is 3.73. The number of carbonyl (C=O) groups is 1. The zero-order valence-corrected chi connectivity index (χ0v) is 10.2. The number of rotatable bonds is 5. The van der Waals surface area contributed by atoms with Crippen molar-refractivity contribution in [1.29, 1.82) is 0 Å². The van der Waals surface area contributed by atoms with Crippen molar-refractivity contribution in [2.24, 2.45) is 5.92 Å². The maximum absolute atomic E-state index is 12.1. The molecule has 0 saturated heterocycles. The van der Waals surface area contributed by atoms with E-state index in [-0.39, 0.29) is 6.03 Å². The molecule has 0 aromatic carbocycles. The molecule has 92 valence electrons. The summed E-state index contributed by atoms with van der Waals surface area (Å²) in [6.45, 7) is 3.81. The van der Waals surface area contributed by atoms with Gasteiger partial charge >= 0.3 is 6.03 Å². The minimum atomic E-state index is -0.00764. The molecule has 0 spiro atoms. The van der Waals surface area contributed by atoms with Gasteiger partial charge in [-0.25, -0.2) is 4.79 Å². The molecule has 1 N–H and O–H groups in total. The lowest BCUT2D eigenvalue weighted by molar-refractivity contribution is 0.209. The molecule has 1 saturated carbocycles. The van der Waals surface area contributed by atoms with Crippen molar-refractivity contribution < 1.29 is 4.79 Å². The molecule has 0 bridgehead atoms. The van der Waals surface area contributed by atoms with E-state index in [4.69, 9.17) is 0 Å². The number of nitrogens with zero attached hydrogens (tertiary/aromatic N) is 2. The normalized spacial score (nSPS) is 14.4. The molecule has 0 aliphatic heterocycles. The Labute approximate surface area is 102 Å². The van der Waals surface area contributed by atoms with Crippen molar-refractivity contribution in [1.82, 2.24) is 9.88 Å². The first-order valence-corrected chi connectivity index (χ1v) is 6.25. The topological polar surface area (TPSA) is 45.2 Å². The molecular formula is C13H19N3O. The predicted octanol–water partition coefficient (Wildman–Crippen LogP) is 2.74. The summed E-state index contributed by atoms with van der Waals surface area (Å²) in [6.07, 6.45) is 6.89. The van der Waals surface area contributed by atoms with Crippen molar-refractivity contribution in [2.45, 2.75) is 26.2 Å². The van der Waals surface area contributed by atoms with Crippen LogP contribution in [0.25, 0.3) is 0 Å². The number of anilines is 1. The van der Waals surface area contributed by atoms with Crippen molar-refractivity contribution in [3.8, 4) is 0 Å². The predicted molar refractivity (Wildman–Crippen MR) is 67.8 cm³/mol. The van der Waals surface area contributed by atoms with Gasteiger partial charge in [-0.15, -0.1) is 0 Å². The van der Waals surface area contributed by atoms with Crippen LogP contribution in [0.1, 0.15) is 26.2 Å². The van der Waals surface area contributed by atoms with Crippen LogP contribution in [0, 0.1) is 5.92 Å². The summed E-state index contributed by atoms with van der Waals surface area (Å²) in [7, 11) is 0. The van der Waals surface area contributed by atoms with Crippen LogP contribution in [0.3, 0.4) is 0 Å². The maximum atomic E-state index is 12.1. The minimum absolute atomic E-state index is 0.00764. The van der Waals surface area contributed by atoms with Gasteiger partial charge in [-0.1, -0.05) is 6.92 Å². The van der Waals surface area contributed by atoms with Crippen LogP contribution < -0.4 is 5.32 Å². The number of nitrogens with one attached hydrogen (secondary N) is 1. The standard InChI is InChI=1S/C13H19N3O/c1-2-8-16(10-11-5-6-11)13(17)15-12-4-3-7-14-9-12/h3-4,7,9,11H,2,5-6,8,10H2,1H3,(H,15,17). The largest absolute Gasteiger partial charge is 0.324 e. The highest BCUT2D eigenvalue weighted by Crippen LogP contribution is 2.29. The number of hydrogen-bond donors (Lipinski definition) is 1. The second-order valence-corrected chi connectivity index (χ2v) is 4.56. The van der Waals surface area contributed by atoms with Gasteiger partial charge in [-0.3, -0.25) is 4.98 Å². The van der Waals surface area contributed by atoms with Gasteiger partial charge in [0.2, 0.25) is 0 Å². The summed E-state index contributed by atoms with van der Waals surface area (Å²) in [5.74, 6) is 0.723. The van der Waals surface area contributed by atoms with Crippen LogP contribution in [0.5, 0.6) is 0 Å². The second-order valence-electron chi connectivity index (χ2n) is 4.56. The molecule has 2 amide bonds. The molecule has 1 fully saturated rings. The molecule has 1 aromatic heterocycles. The Morgan fingerprint density at radius 3 is 3.00 bits per heavy atom. The van der Waals surface area contributed by atoms with Crippen LogP contribution in [0.4, 0.5) is 10.5 Å². The fourth-order valence-electron chi connectivity index (χ4n) is 1.80. The highest BCUT2D eigenvalue weighted by atomic mass is 16.2. The van der Waals surface area contributed by atoms with E-state index in [9.17, 15) is 4.79 Å². The molecule has 4 nitrogen and oxygen atoms in total. The number of aromatic nitrogens is 1. The van der Waals surface area contributed by atoms with E-state index in [1.54, 1.807) is 12.4 Å². The monoisotopic (exact) mass is 233 g/mol. The maximum Gasteiger partial charge on any atom is 0.321 e. The first-order chi connectivity index (χ1) is 8.29. The van der Waals surface area contributed by atoms with Gasteiger partial charge in [0.1, 0.15) is 0 Å². The first kappa shape index (κ1) is 11.9. The van der Waals surface area contributed by atoms with Crippen LogP contribution in [0.15, 0.2) is 24.5 Å². The molecule has 17 heavy (non-hydrogen) atoms. The Morgan fingerprint density at radius 1 is 1.59 bits per heavy atom. The summed E-state index contributed by atoms with van der Waals surface area (Å²) in [5.41, 5.74) is 0.759. The Kier molecular flexibility index (Phi) is 3.96. The SMILES string of the molecule is CCCN(CC1CC1)C(=O)Nc1cccnc1. The van der Waals surface area contributed by atoms with Crippen LogP contribution >= 0.6 is 0 Å². The van der Waals surface area contributed by atoms with Gasteiger partial charge in [0, 0.05) is 19.3 Å². The molecular weight excluding hydrogens is 214 g/mol. The Hall–Kier alpha value is -1.58. The Morgan fingerprint density at radius 2 is 2.41 bits per heavy atom. The minimum Gasteiger partial charge on any atom is -0.324 e. The van der Waals surface area contributed by atoms with E-state index in [0.29, 0.717) is 0 Å². The van der Waals surface area contributed by atoms with Crippen molar-refractivity contribution in [3.63, 3.8) is 0 Å². The quantitative estimate of drug-likeness (QED) is 0.850. The first-order valence-electron chi connectivity index (χ1n) is 6.25. The number of carbonyl (C=O) groups excluding carboxylic acids is 1. The summed E-state index contributed by atoms with van der Waals surface area (Å²) >= 11 is 0. The molecule has 1 heterocycles. The zero-order chi connectivity index (χ0) is 12.1. The summed E-state index contributed by atoms with van der Waals surface area (Å²) in [5, 5.41) is 2.88. The van der Waals surface area contributed by atoms with E-state index in [1.165, 1.54) is 12.8 Å². The second kappa shape index (κ2) is 5.66. The highest BCUT2D eigenvalue weighted by Gasteiger charge is 2.26. The summed E-state index contributed by atoms with van der Waals surface area (Å²) in [6, 6.07) is 3.67. The average molecular weight is 233 g/mol. The molecule has 0 radical (unpaired) electrons. The fraction of sp³-hybridized carbons (Fsp3) is 0.538. The van der Waals surface area contributed by atoms with E-state index in [1.807, 2.05) is 17.0 Å². The number of pyridine rings is 1. The molecule has 0 unspecified atom stereocenters. The lowest BCUT2D eigenvalue weighted by Crippen LogP contribution is -2.37. The Balaban J connectivity index is 1.90.